The van der Waals surface area contributed by atoms with Gasteiger partial charge in [0.05, 0.1) is 18.1 Å². The van der Waals surface area contributed by atoms with Crippen molar-refractivity contribution >= 4 is 16.8 Å². The number of benzene rings is 2. The number of fused-ring (bicyclic) bond motifs is 1. The molecule has 0 amide bonds. The number of hydrogen-bond donors (Lipinski definition) is 0. The molecule has 22 heavy (non-hydrogen) atoms. The molecule has 0 N–H and O–H groups in total. The monoisotopic (exact) mass is 300 g/mol. The van der Waals surface area contributed by atoms with Gasteiger partial charge in [-0.25, -0.2) is 4.98 Å². The fraction of sp³-hybridized carbons (Fsp3) is 0.133. The summed E-state index contributed by atoms with van der Waals surface area (Å²) >= 11 is 0. The third kappa shape index (κ3) is 2.69. The molecule has 0 saturated carbocycles. The molecule has 3 aromatic rings. The van der Waals surface area contributed by atoms with Crippen LogP contribution in [0.15, 0.2) is 46.9 Å². The van der Waals surface area contributed by atoms with Gasteiger partial charge in [0.25, 0.3) is 0 Å². The van der Waals surface area contributed by atoms with Crippen LogP contribution in [-0.2, 0) is 6.61 Å². The highest BCUT2D eigenvalue weighted by Crippen LogP contribution is 2.31. The van der Waals surface area contributed by atoms with Gasteiger partial charge in [-0.2, -0.15) is 0 Å². The highest BCUT2D eigenvalue weighted by molar-refractivity contribution is 5.72. The van der Waals surface area contributed by atoms with Crippen LogP contribution in [0.2, 0.25) is 0 Å². The molecule has 0 unspecified atom stereocenters. The van der Waals surface area contributed by atoms with E-state index in [0.717, 1.165) is 0 Å². The number of nitrogens with zero attached hydrogens (tertiary/aromatic N) is 2. The molecule has 0 aliphatic heterocycles. The number of nitro groups is 1. The normalized spacial score (nSPS) is 10.6. The summed E-state index contributed by atoms with van der Waals surface area (Å²) in [7, 11) is 1.44. The molecule has 0 aliphatic carbocycles. The van der Waals surface area contributed by atoms with E-state index in [1.54, 1.807) is 12.1 Å². The van der Waals surface area contributed by atoms with Crippen LogP contribution in [-0.4, -0.2) is 17.0 Å². The van der Waals surface area contributed by atoms with E-state index in [0.29, 0.717) is 22.7 Å². The van der Waals surface area contributed by atoms with Crippen molar-refractivity contribution in [2.75, 3.05) is 7.11 Å². The molecule has 1 heterocycles. The van der Waals surface area contributed by atoms with E-state index in [4.69, 9.17) is 13.9 Å². The first-order valence-corrected chi connectivity index (χ1v) is 6.47. The molecule has 112 valence electrons. The maximum Gasteiger partial charge on any atom is 0.314 e. The van der Waals surface area contributed by atoms with Gasteiger partial charge < -0.3 is 13.9 Å². The van der Waals surface area contributed by atoms with Gasteiger partial charge in [0.15, 0.2) is 17.9 Å². The second-order valence-electron chi connectivity index (χ2n) is 4.45. The molecule has 0 atom stereocenters. The van der Waals surface area contributed by atoms with E-state index in [9.17, 15) is 10.1 Å². The Morgan fingerprint density at radius 3 is 2.82 bits per heavy atom. The summed E-state index contributed by atoms with van der Waals surface area (Å²) < 4.78 is 15.9. The summed E-state index contributed by atoms with van der Waals surface area (Å²) in [4.78, 5) is 14.8. The van der Waals surface area contributed by atoms with E-state index < -0.39 is 4.92 Å². The van der Waals surface area contributed by atoms with Gasteiger partial charge in [-0.15, -0.1) is 0 Å². The van der Waals surface area contributed by atoms with Gasteiger partial charge in [-0.1, -0.05) is 12.1 Å². The quantitative estimate of drug-likeness (QED) is 0.530. The van der Waals surface area contributed by atoms with Crippen molar-refractivity contribution < 1.29 is 18.8 Å². The summed E-state index contributed by atoms with van der Waals surface area (Å²) in [5.41, 5.74) is 1.19. The summed E-state index contributed by atoms with van der Waals surface area (Å²) in [5.74, 6) is 0.875. The fourth-order valence-electron chi connectivity index (χ4n) is 2.01. The maximum atomic E-state index is 11.1. The van der Waals surface area contributed by atoms with Crippen LogP contribution in [0.1, 0.15) is 5.89 Å². The number of para-hydroxylation sites is 2. The number of oxazole rings is 1. The first-order valence-electron chi connectivity index (χ1n) is 6.47. The zero-order valence-corrected chi connectivity index (χ0v) is 11.7. The molecule has 0 fully saturated rings. The van der Waals surface area contributed by atoms with E-state index >= 15 is 0 Å². The Balaban J connectivity index is 1.82. The van der Waals surface area contributed by atoms with E-state index in [1.165, 1.54) is 19.2 Å². The number of hydrogen-bond acceptors (Lipinski definition) is 6. The highest BCUT2D eigenvalue weighted by Gasteiger charge is 2.17. The zero-order chi connectivity index (χ0) is 15.5. The molecule has 7 heteroatoms. The molecule has 0 bridgehead atoms. The lowest BCUT2D eigenvalue weighted by Crippen LogP contribution is -1.99. The van der Waals surface area contributed by atoms with E-state index in [2.05, 4.69) is 4.98 Å². The molecule has 7 nitrogen and oxygen atoms in total. The number of nitro benzene ring substituents is 1. The van der Waals surface area contributed by atoms with Crippen molar-refractivity contribution in [3.05, 3.63) is 58.5 Å². The summed E-state index contributed by atoms with van der Waals surface area (Å²) in [5, 5.41) is 11.1. The molecule has 0 saturated heterocycles. The molecule has 1 aromatic heterocycles. The average molecular weight is 300 g/mol. The van der Waals surface area contributed by atoms with Crippen molar-refractivity contribution in [2.45, 2.75) is 6.61 Å². The number of ether oxygens (including phenoxy) is 2. The highest BCUT2D eigenvalue weighted by atomic mass is 16.6. The zero-order valence-electron chi connectivity index (χ0n) is 11.7. The Labute approximate surface area is 125 Å². The molecular weight excluding hydrogens is 288 g/mol. The predicted molar refractivity (Wildman–Crippen MR) is 78.0 cm³/mol. The lowest BCUT2D eigenvalue weighted by atomic mass is 10.3. The Morgan fingerprint density at radius 2 is 2.09 bits per heavy atom. The predicted octanol–water partition coefficient (Wildman–Crippen LogP) is 3.32. The Kier molecular flexibility index (Phi) is 3.61. The Bertz CT molecular complexity index is 795. The van der Waals surface area contributed by atoms with Crippen LogP contribution >= 0.6 is 0 Å². The van der Waals surface area contributed by atoms with Gasteiger partial charge in [0.2, 0.25) is 5.89 Å². The standard InChI is InChI=1S/C15H12N2O5/c1-20-10-6-7-14(12(8-10)17(18)19)21-9-15-16-11-4-2-3-5-13(11)22-15/h2-8H,9H2,1H3. The van der Waals surface area contributed by atoms with Crippen molar-refractivity contribution in [1.29, 1.82) is 0 Å². The smallest absolute Gasteiger partial charge is 0.314 e. The van der Waals surface area contributed by atoms with Crippen molar-refractivity contribution in [1.82, 2.24) is 4.98 Å². The first-order chi connectivity index (χ1) is 10.7. The number of methoxy groups -OCH3 is 1. The second-order valence-corrected chi connectivity index (χ2v) is 4.45. The second kappa shape index (κ2) is 5.72. The SMILES string of the molecule is COc1ccc(OCc2nc3ccccc3o2)c([N+](=O)[O-])c1. The largest absolute Gasteiger partial charge is 0.496 e. The van der Waals surface area contributed by atoms with Crippen molar-refractivity contribution in [3.8, 4) is 11.5 Å². The minimum Gasteiger partial charge on any atom is -0.496 e. The Hall–Kier alpha value is -3.09. The van der Waals surface area contributed by atoms with Gasteiger partial charge in [0.1, 0.15) is 11.3 Å². The third-order valence-corrected chi connectivity index (χ3v) is 3.05. The molecular formula is C15H12N2O5. The van der Waals surface area contributed by atoms with Gasteiger partial charge >= 0.3 is 5.69 Å². The van der Waals surface area contributed by atoms with Crippen molar-refractivity contribution in [2.24, 2.45) is 0 Å². The van der Waals surface area contributed by atoms with Gasteiger partial charge in [-0.05, 0) is 24.3 Å². The van der Waals surface area contributed by atoms with Crippen LogP contribution in [0.5, 0.6) is 11.5 Å². The summed E-state index contributed by atoms with van der Waals surface area (Å²) in [6.45, 7) is 0.00183. The van der Waals surface area contributed by atoms with Gasteiger partial charge in [-0.3, -0.25) is 10.1 Å². The lowest BCUT2D eigenvalue weighted by Gasteiger charge is -2.06. The van der Waals surface area contributed by atoms with Crippen molar-refractivity contribution in [3.63, 3.8) is 0 Å². The molecule has 3 rings (SSSR count). The molecule has 0 aliphatic rings. The van der Waals surface area contributed by atoms with Crippen LogP contribution in [0.25, 0.3) is 11.1 Å². The van der Waals surface area contributed by atoms with Crippen LogP contribution in [0, 0.1) is 10.1 Å². The number of rotatable bonds is 5. The van der Waals surface area contributed by atoms with Crippen LogP contribution < -0.4 is 9.47 Å². The minimum absolute atomic E-state index is 0.00183. The van der Waals surface area contributed by atoms with Crippen LogP contribution in [0.3, 0.4) is 0 Å². The first kappa shape index (κ1) is 13.9. The van der Waals surface area contributed by atoms with Crippen LogP contribution in [0.4, 0.5) is 5.69 Å². The number of aromatic nitrogens is 1. The fourth-order valence-corrected chi connectivity index (χ4v) is 2.01. The molecule has 0 radical (unpaired) electrons. The van der Waals surface area contributed by atoms with E-state index in [-0.39, 0.29) is 18.0 Å². The average Bonchev–Trinajstić information content (AvgIpc) is 2.95. The third-order valence-electron chi connectivity index (χ3n) is 3.05. The Morgan fingerprint density at radius 1 is 1.27 bits per heavy atom. The molecule has 0 spiro atoms. The molecule has 2 aromatic carbocycles. The summed E-state index contributed by atoms with van der Waals surface area (Å²) in [6.07, 6.45) is 0. The lowest BCUT2D eigenvalue weighted by molar-refractivity contribution is -0.386. The van der Waals surface area contributed by atoms with E-state index in [1.807, 2.05) is 18.2 Å². The minimum atomic E-state index is -0.524. The topological polar surface area (TPSA) is 87.6 Å². The maximum absolute atomic E-state index is 11.1. The van der Waals surface area contributed by atoms with Gasteiger partial charge in [0, 0.05) is 0 Å². The summed E-state index contributed by atoms with van der Waals surface area (Å²) in [6, 6.07) is 11.7.